The molecule has 4 aliphatic rings. The summed E-state index contributed by atoms with van der Waals surface area (Å²) in [6, 6.07) is 39.0. The van der Waals surface area contributed by atoms with E-state index < -0.39 is 11.2 Å². The molecule has 0 aromatic heterocycles. The lowest BCUT2D eigenvalue weighted by Gasteiger charge is -2.48. The Labute approximate surface area is 289 Å². The van der Waals surface area contributed by atoms with Gasteiger partial charge in [0.2, 0.25) is 0 Å². The number of fused-ring (bicyclic) bond motifs is 4. The van der Waals surface area contributed by atoms with Crippen molar-refractivity contribution in [3.63, 3.8) is 0 Å². The Morgan fingerprint density at radius 3 is 1.23 bits per heavy atom. The van der Waals surface area contributed by atoms with Crippen molar-refractivity contribution in [3.8, 4) is 0 Å². The fourth-order valence-corrected chi connectivity index (χ4v) is 11.0. The van der Waals surface area contributed by atoms with Crippen molar-refractivity contribution >= 4 is 0 Å². The molecule has 0 heterocycles. The molecule has 252 valence electrons. The largest absolute Gasteiger partial charge is 0.389 e. The minimum Gasteiger partial charge on any atom is -0.389 e. The fourth-order valence-electron chi connectivity index (χ4n) is 11.0. The zero-order valence-electron chi connectivity index (χ0n) is 29.6. The van der Waals surface area contributed by atoms with E-state index >= 15 is 0 Å². The molecule has 2 saturated carbocycles. The summed E-state index contributed by atoms with van der Waals surface area (Å²) in [5.41, 5.74) is 7.23. The summed E-state index contributed by atoms with van der Waals surface area (Å²) >= 11 is 0. The lowest BCUT2D eigenvalue weighted by molar-refractivity contribution is -0.0798. The molecule has 2 nitrogen and oxygen atoms in total. The van der Waals surface area contributed by atoms with Crippen LogP contribution in [-0.4, -0.2) is 21.4 Å². The predicted molar refractivity (Wildman–Crippen MR) is 198 cm³/mol. The van der Waals surface area contributed by atoms with Crippen LogP contribution >= 0.6 is 0 Å². The highest BCUT2D eigenvalue weighted by molar-refractivity contribution is 5.41. The van der Waals surface area contributed by atoms with E-state index in [2.05, 4.69) is 137 Å². The third kappa shape index (κ3) is 5.88. The summed E-state index contributed by atoms with van der Waals surface area (Å²) in [6.45, 7) is 9.13. The van der Waals surface area contributed by atoms with Crippen molar-refractivity contribution in [3.05, 3.63) is 143 Å². The van der Waals surface area contributed by atoms with Gasteiger partial charge in [-0.05, 0) is 120 Å². The zero-order chi connectivity index (χ0) is 33.5. The van der Waals surface area contributed by atoms with E-state index in [1.807, 2.05) is 0 Å². The van der Waals surface area contributed by atoms with E-state index in [4.69, 9.17) is 0 Å². The summed E-state index contributed by atoms with van der Waals surface area (Å²) in [5.74, 6) is 3.12. The Hall–Kier alpha value is -3.20. The van der Waals surface area contributed by atoms with Crippen LogP contribution in [0.2, 0.25) is 0 Å². The lowest BCUT2D eigenvalue weighted by atomic mass is 9.61. The maximum atomic E-state index is 12.0. The molecule has 8 rings (SSSR count). The Morgan fingerprint density at radius 2 is 0.854 bits per heavy atom. The summed E-state index contributed by atoms with van der Waals surface area (Å²) in [4.78, 5) is 0. The number of rotatable bonds is 6. The van der Waals surface area contributed by atoms with E-state index in [-0.39, 0.29) is 11.8 Å². The molecule has 2 heteroatoms. The molecule has 0 radical (unpaired) electrons. The summed E-state index contributed by atoms with van der Waals surface area (Å²) in [5, 5.41) is 24.0. The minimum atomic E-state index is -0.557. The molecular formula is C46H56O2. The molecule has 0 bridgehead atoms. The monoisotopic (exact) mass is 640 g/mol. The highest BCUT2D eigenvalue weighted by Crippen LogP contribution is 2.58. The van der Waals surface area contributed by atoms with Crippen molar-refractivity contribution < 1.29 is 10.2 Å². The highest BCUT2D eigenvalue weighted by Gasteiger charge is 2.58. The van der Waals surface area contributed by atoms with Gasteiger partial charge in [0.15, 0.2) is 0 Å². The van der Waals surface area contributed by atoms with Crippen LogP contribution in [0.25, 0.3) is 0 Å². The van der Waals surface area contributed by atoms with Crippen molar-refractivity contribution in [2.45, 2.75) is 102 Å². The molecule has 0 unspecified atom stereocenters. The van der Waals surface area contributed by atoms with E-state index in [0.717, 1.165) is 38.5 Å². The summed E-state index contributed by atoms with van der Waals surface area (Å²) < 4.78 is 0. The number of hydrogen-bond donors (Lipinski definition) is 2. The minimum absolute atomic E-state index is 0.213. The van der Waals surface area contributed by atoms with Gasteiger partial charge in [-0.3, -0.25) is 0 Å². The average Bonchev–Trinajstić information content (AvgIpc) is 3.63. The topological polar surface area (TPSA) is 40.5 Å². The van der Waals surface area contributed by atoms with Crippen molar-refractivity contribution in [2.75, 3.05) is 0 Å². The molecule has 2 fully saturated rings. The lowest BCUT2D eigenvalue weighted by Crippen LogP contribution is -2.51. The molecule has 0 amide bonds. The van der Waals surface area contributed by atoms with Crippen LogP contribution in [0.1, 0.15) is 98.6 Å². The number of hydrogen-bond acceptors (Lipinski definition) is 2. The second-order valence-electron chi connectivity index (χ2n) is 16.3. The SMILES string of the molecule is CC(C)[C@H]1CC[C@@H]2Cc3ccccc3[C@H](Cc3ccccc3)[C@@]21O.CC(C)[C@H]1CC[C@@H]2Cc3ccccc3[C@H](Cc3ccccc3)[C@@]21O. The maximum Gasteiger partial charge on any atom is 0.0780 e. The molecule has 8 atom stereocenters. The first kappa shape index (κ1) is 33.3. The van der Waals surface area contributed by atoms with Gasteiger partial charge in [-0.1, -0.05) is 137 Å². The van der Waals surface area contributed by atoms with E-state index in [0.29, 0.717) is 35.5 Å². The van der Waals surface area contributed by atoms with Crippen LogP contribution in [0.5, 0.6) is 0 Å². The molecule has 4 aromatic rings. The van der Waals surface area contributed by atoms with Gasteiger partial charge < -0.3 is 10.2 Å². The Balaban J connectivity index is 0.000000152. The fraction of sp³-hybridized carbons (Fsp3) is 0.478. The van der Waals surface area contributed by atoms with Crippen LogP contribution in [0.4, 0.5) is 0 Å². The summed E-state index contributed by atoms with van der Waals surface area (Å²) in [6.07, 6.45) is 8.62. The second-order valence-corrected chi connectivity index (χ2v) is 16.3. The molecule has 48 heavy (non-hydrogen) atoms. The smallest absolute Gasteiger partial charge is 0.0780 e. The van der Waals surface area contributed by atoms with Gasteiger partial charge in [0.05, 0.1) is 11.2 Å². The van der Waals surface area contributed by atoms with E-state index in [1.54, 1.807) is 0 Å². The zero-order valence-corrected chi connectivity index (χ0v) is 29.6. The first-order valence-electron chi connectivity index (χ1n) is 18.9. The van der Waals surface area contributed by atoms with Gasteiger partial charge in [-0.2, -0.15) is 0 Å². The van der Waals surface area contributed by atoms with Crippen LogP contribution in [-0.2, 0) is 25.7 Å². The molecule has 4 aromatic carbocycles. The maximum absolute atomic E-state index is 12.0. The van der Waals surface area contributed by atoms with Gasteiger partial charge in [-0.15, -0.1) is 0 Å². The van der Waals surface area contributed by atoms with Crippen molar-refractivity contribution in [1.29, 1.82) is 0 Å². The highest BCUT2D eigenvalue weighted by atomic mass is 16.3. The van der Waals surface area contributed by atoms with Gasteiger partial charge in [0, 0.05) is 11.8 Å². The van der Waals surface area contributed by atoms with Crippen LogP contribution in [0, 0.1) is 35.5 Å². The van der Waals surface area contributed by atoms with E-state index in [9.17, 15) is 10.2 Å². The molecular weight excluding hydrogens is 585 g/mol. The molecule has 4 aliphatic carbocycles. The van der Waals surface area contributed by atoms with Crippen LogP contribution in [0.15, 0.2) is 109 Å². The first-order valence-corrected chi connectivity index (χ1v) is 18.9. The second kappa shape index (κ2) is 13.6. The third-order valence-corrected chi connectivity index (χ3v) is 13.2. The number of benzene rings is 4. The van der Waals surface area contributed by atoms with Gasteiger partial charge in [0.1, 0.15) is 0 Å². The van der Waals surface area contributed by atoms with Crippen molar-refractivity contribution in [1.82, 2.24) is 0 Å². The third-order valence-electron chi connectivity index (χ3n) is 13.2. The predicted octanol–water partition coefficient (Wildman–Crippen LogP) is 9.96. The van der Waals surface area contributed by atoms with Crippen molar-refractivity contribution in [2.24, 2.45) is 35.5 Å². The summed E-state index contributed by atoms with van der Waals surface area (Å²) in [7, 11) is 0. The molecule has 0 saturated heterocycles. The average molecular weight is 641 g/mol. The molecule has 2 N–H and O–H groups in total. The standard InChI is InChI=1S/2C23H28O/c2*1-16(2)21-13-12-19-15-18-10-6-7-11-20(18)22(23(19,21)24)14-17-8-4-3-5-9-17/h2*3-11,16,19,21-22,24H,12-15H2,1-2H3/t2*19-,21-,22+,23-/m11/s1. The Bertz CT molecular complexity index is 1530. The van der Waals surface area contributed by atoms with Gasteiger partial charge >= 0.3 is 0 Å². The van der Waals surface area contributed by atoms with Gasteiger partial charge in [0.25, 0.3) is 0 Å². The van der Waals surface area contributed by atoms with Crippen LogP contribution < -0.4 is 0 Å². The first-order chi connectivity index (χ1) is 23.2. The number of aliphatic hydroxyl groups is 2. The molecule has 0 spiro atoms. The van der Waals surface area contributed by atoms with Gasteiger partial charge in [-0.25, -0.2) is 0 Å². The Morgan fingerprint density at radius 1 is 0.500 bits per heavy atom. The Kier molecular flexibility index (Phi) is 9.44. The normalized spacial score (nSPS) is 31.8. The molecule has 0 aliphatic heterocycles. The quantitative estimate of drug-likeness (QED) is 0.220. The van der Waals surface area contributed by atoms with E-state index in [1.165, 1.54) is 46.2 Å². The van der Waals surface area contributed by atoms with Crippen LogP contribution in [0.3, 0.4) is 0 Å².